The van der Waals surface area contributed by atoms with Crippen LogP contribution in [0.25, 0.3) is 0 Å². The zero-order valence-electron chi connectivity index (χ0n) is 20.1. The summed E-state index contributed by atoms with van der Waals surface area (Å²) in [5.74, 6) is 0.796. The minimum atomic E-state index is -4.76. The number of rotatable bonds is 8. The van der Waals surface area contributed by atoms with Crippen molar-refractivity contribution in [3.05, 3.63) is 109 Å². The lowest BCUT2D eigenvalue weighted by Gasteiger charge is -2.26. The first-order valence-electron chi connectivity index (χ1n) is 11.0. The molecule has 37 heavy (non-hydrogen) atoms. The van der Waals surface area contributed by atoms with E-state index in [1.165, 1.54) is 87.0 Å². The second kappa shape index (κ2) is 10.6. The van der Waals surface area contributed by atoms with Crippen LogP contribution in [-0.4, -0.2) is 39.9 Å². The molecule has 0 heterocycles. The van der Waals surface area contributed by atoms with Gasteiger partial charge in [0.1, 0.15) is 11.5 Å². The SMILES string of the molecule is COc1ccc(S(=O)(=O)C(=P(O)(c2ccccc2)c2ccccc2)S(=O)(=O)c2ccc(OC)cc2)cc1. The van der Waals surface area contributed by atoms with Gasteiger partial charge >= 0.3 is 0 Å². The summed E-state index contributed by atoms with van der Waals surface area (Å²) in [5, 5.41) is 0.371. The van der Waals surface area contributed by atoms with Crippen LogP contribution in [0.1, 0.15) is 0 Å². The number of hydrogen-bond donors (Lipinski definition) is 1. The third-order valence-electron chi connectivity index (χ3n) is 5.72. The van der Waals surface area contributed by atoms with Gasteiger partial charge in [0.25, 0.3) is 0 Å². The van der Waals surface area contributed by atoms with Gasteiger partial charge in [0, 0.05) is 10.6 Å². The van der Waals surface area contributed by atoms with Crippen molar-refractivity contribution in [2.24, 2.45) is 0 Å². The molecule has 0 spiro atoms. The summed E-state index contributed by atoms with van der Waals surface area (Å²) >= 11 is 0. The highest BCUT2D eigenvalue weighted by molar-refractivity contribution is 8.40. The van der Waals surface area contributed by atoms with Crippen LogP contribution in [0.3, 0.4) is 0 Å². The Morgan fingerprint density at radius 1 is 0.568 bits per heavy atom. The Morgan fingerprint density at radius 3 is 1.19 bits per heavy atom. The summed E-state index contributed by atoms with van der Waals surface area (Å²) in [6, 6.07) is 26.8. The maximum absolute atomic E-state index is 14.3. The lowest BCUT2D eigenvalue weighted by atomic mass is 10.3. The largest absolute Gasteiger partial charge is 0.497 e. The molecule has 1 N–H and O–H groups in total. The van der Waals surface area contributed by atoms with E-state index in [-0.39, 0.29) is 20.4 Å². The van der Waals surface area contributed by atoms with Crippen LogP contribution >= 0.6 is 7.11 Å². The lowest BCUT2D eigenvalue weighted by Crippen LogP contribution is -2.33. The summed E-state index contributed by atoms with van der Waals surface area (Å²) in [6.07, 6.45) is 0. The summed E-state index contributed by atoms with van der Waals surface area (Å²) in [4.78, 5) is 11.9. The Balaban J connectivity index is 2.19. The highest BCUT2D eigenvalue weighted by Crippen LogP contribution is 2.47. The van der Waals surface area contributed by atoms with E-state index in [1.54, 1.807) is 36.4 Å². The second-order valence-electron chi connectivity index (χ2n) is 7.93. The summed E-state index contributed by atoms with van der Waals surface area (Å²) < 4.78 is 66.3. The van der Waals surface area contributed by atoms with E-state index in [4.69, 9.17) is 9.47 Å². The summed E-state index contributed by atoms with van der Waals surface area (Å²) in [6.45, 7) is 0. The molecule has 4 rings (SSSR count). The molecule has 4 aromatic rings. The fourth-order valence-corrected chi connectivity index (χ4v) is 13.6. The van der Waals surface area contributed by atoms with E-state index < -0.39 is 30.7 Å². The summed E-state index contributed by atoms with van der Waals surface area (Å²) in [5.41, 5.74) is 0. The van der Waals surface area contributed by atoms with Crippen molar-refractivity contribution in [1.82, 2.24) is 0 Å². The smallest absolute Gasteiger partial charge is 0.220 e. The number of benzene rings is 4. The molecule has 4 aromatic carbocycles. The average Bonchev–Trinajstić information content (AvgIpc) is 2.93. The van der Waals surface area contributed by atoms with Crippen molar-refractivity contribution in [2.75, 3.05) is 14.2 Å². The molecule has 0 aliphatic carbocycles. The van der Waals surface area contributed by atoms with Gasteiger partial charge in [0.05, 0.1) is 31.1 Å². The van der Waals surface area contributed by atoms with Crippen molar-refractivity contribution in [3.8, 4) is 11.5 Å². The molecule has 0 aromatic heterocycles. The molecule has 0 aliphatic heterocycles. The van der Waals surface area contributed by atoms with Crippen molar-refractivity contribution in [1.29, 1.82) is 0 Å². The Bertz CT molecular complexity index is 1530. The maximum atomic E-state index is 14.3. The Kier molecular flexibility index (Phi) is 7.62. The molecule has 0 saturated heterocycles. The predicted octanol–water partition coefficient (Wildman–Crippen LogP) is 3.61. The molecule has 10 heteroatoms. The van der Waals surface area contributed by atoms with Crippen LogP contribution in [0.15, 0.2) is 119 Å². The molecular formula is C27H25O7PS2. The Labute approximate surface area is 216 Å². The van der Waals surface area contributed by atoms with Crippen LogP contribution in [0.4, 0.5) is 0 Å². The molecular weight excluding hydrogens is 531 g/mol. The fraction of sp³-hybridized carbons (Fsp3) is 0.0741. The molecule has 0 fully saturated rings. The van der Waals surface area contributed by atoms with Crippen LogP contribution in [0.2, 0.25) is 0 Å². The lowest BCUT2D eigenvalue weighted by molar-refractivity contribution is 0.414. The van der Waals surface area contributed by atoms with Crippen LogP contribution in [0.5, 0.6) is 11.5 Å². The minimum absolute atomic E-state index is 0.186. The monoisotopic (exact) mass is 556 g/mol. The van der Waals surface area contributed by atoms with Crippen molar-refractivity contribution >= 4 is 41.4 Å². The first-order chi connectivity index (χ1) is 17.7. The average molecular weight is 557 g/mol. The normalized spacial score (nSPS) is 12.1. The third kappa shape index (κ3) is 4.95. The van der Waals surface area contributed by atoms with E-state index in [2.05, 4.69) is 0 Å². The van der Waals surface area contributed by atoms with Gasteiger partial charge in [-0.15, -0.1) is 0 Å². The molecule has 0 amide bonds. The molecule has 7 nitrogen and oxygen atoms in total. The molecule has 0 atom stereocenters. The van der Waals surface area contributed by atoms with Crippen LogP contribution in [-0.2, 0) is 19.7 Å². The van der Waals surface area contributed by atoms with E-state index in [0.29, 0.717) is 11.5 Å². The van der Waals surface area contributed by atoms with Gasteiger partial charge in [-0.2, -0.15) is 0 Å². The maximum Gasteiger partial charge on any atom is 0.220 e. The fourth-order valence-electron chi connectivity index (χ4n) is 3.85. The van der Waals surface area contributed by atoms with Crippen molar-refractivity contribution in [3.63, 3.8) is 0 Å². The van der Waals surface area contributed by atoms with Crippen molar-refractivity contribution in [2.45, 2.75) is 9.79 Å². The number of sulfone groups is 2. The summed E-state index contributed by atoms with van der Waals surface area (Å²) in [7, 11) is -10.9. The van der Waals surface area contributed by atoms with Crippen molar-refractivity contribution < 1.29 is 31.2 Å². The molecule has 192 valence electrons. The first-order valence-corrected chi connectivity index (χ1v) is 15.8. The molecule has 0 bridgehead atoms. The molecule has 0 saturated carbocycles. The Hall–Kier alpha value is -3.36. The second-order valence-corrected chi connectivity index (χ2v) is 15.3. The minimum Gasteiger partial charge on any atom is -0.497 e. The highest BCUT2D eigenvalue weighted by Gasteiger charge is 2.43. The van der Waals surface area contributed by atoms with E-state index in [0.717, 1.165) is 0 Å². The quantitative estimate of drug-likeness (QED) is 0.331. The predicted molar refractivity (Wildman–Crippen MR) is 147 cm³/mol. The van der Waals surface area contributed by atoms with Gasteiger partial charge in [-0.25, -0.2) is 16.8 Å². The Morgan fingerprint density at radius 2 is 0.892 bits per heavy atom. The van der Waals surface area contributed by atoms with Gasteiger partial charge in [-0.1, -0.05) is 60.7 Å². The van der Waals surface area contributed by atoms with E-state index in [1.807, 2.05) is 0 Å². The molecule has 0 aliphatic rings. The highest BCUT2D eigenvalue weighted by atomic mass is 32.3. The standard InChI is InChI=1S/C27H25O7PS2/c1-33-21-13-17-25(18-14-21)36(29,30)27(37(31,32)26-19-15-22(34-2)16-20-26)35(28,23-9-5-3-6-10-23)24-11-7-4-8-12-24/h3-20,28H,1-2H3. The van der Waals surface area contributed by atoms with Gasteiger partial charge in [0.15, 0.2) is 3.96 Å². The first kappa shape index (κ1) is 26.7. The number of hydrogen-bond acceptors (Lipinski definition) is 7. The van der Waals surface area contributed by atoms with Gasteiger partial charge in [-0.05, 0) is 48.5 Å². The molecule has 0 radical (unpaired) electrons. The van der Waals surface area contributed by atoms with Gasteiger partial charge in [-0.3, -0.25) is 0 Å². The molecule has 0 unspecified atom stereocenters. The topological polar surface area (TPSA) is 107 Å². The zero-order valence-corrected chi connectivity index (χ0v) is 22.6. The van der Waals surface area contributed by atoms with Crippen LogP contribution in [0, 0.1) is 0 Å². The van der Waals surface area contributed by atoms with Crippen LogP contribution < -0.4 is 20.1 Å². The third-order valence-corrected chi connectivity index (χ3v) is 15.4. The van der Waals surface area contributed by atoms with E-state index in [9.17, 15) is 21.7 Å². The van der Waals surface area contributed by atoms with Gasteiger partial charge in [0.2, 0.25) is 19.7 Å². The van der Waals surface area contributed by atoms with E-state index >= 15 is 0 Å². The van der Waals surface area contributed by atoms with Gasteiger partial charge < -0.3 is 14.4 Å². The zero-order chi connectivity index (χ0) is 26.7. The number of ether oxygens (including phenoxy) is 2. The number of methoxy groups -OCH3 is 2.